The SMILES string of the molecule is CC/C=C\C/C=C\C/C=C\C/C=C\C/C=C\C/C=C\C/C=C\C/C=C\CCCCCCCCC(=O)OC(COC(=O)CCCCCCC)COC(OCC[N+](C)(C)C)C(=O)[O-]. The summed E-state index contributed by atoms with van der Waals surface area (Å²) in [5.41, 5.74) is 0. The first-order valence-corrected chi connectivity index (χ1v) is 23.4. The molecular weight excluding hydrogens is 767 g/mol. The van der Waals surface area contributed by atoms with E-state index in [0.717, 1.165) is 122 Å². The summed E-state index contributed by atoms with van der Waals surface area (Å²) >= 11 is 0. The Bertz CT molecular complexity index is 1320. The number of carboxylic acid groups (broad SMARTS) is 1. The minimum absolute atomic E-state index is 0.140. The van der Waals surface area contributed by atoms with Gasteiger partial charge in [-0.3, -0.25) is 9.59 Å². The van der Waals surface area contributed by atoms with E-state index in [1.165, 1.54) is 0 Å². The number of carboxylic acids is 1. The third-order valence-corrected chi connectivity index (χ3v) is 9.35. The van der Waals surface area contributed by atoms with Crippen molar-refractivity contribution in [3.05, 3.63) is 97.2 Å². The molecule has 0 aliphatic rings. The number of carbonyl (C=O) groups excluding carboxylic acids is 3. The summed E-state index contributed by atoms with van der Waals surface area (Å²) in [5.74, 6) is -2.34. The third-order valence-electron chi connectivity index (χ3n) is 9.35. The second-order valence-electron chi connectivity index (χ2n) is 16.3. The van der Waals surface area contributed by atoms with Gasteiger partial charge in [0, 0.05) is 12.8 Å². The van der Waals surface area contributed by atoms with Gasteiger partial charge in [0.1, 0.15) is 13.2 Å². The van der Waals surface area contributed by atoms with Crippen molar-refractivity contribution in [2.75, 3.05) is 47.5 Å². The lowest BCUT2D eigenvalue weighted by atomic mass is 10.1. The van der Waals surface area contributed by atoms with Crippen molar-refractivity contribution in [2.24, 2.45) is 0 Å². The highest BCUT2D eigenvalue weighted by Crippen LogP contribution is 2.12. The molecule has 0 amide bonds. The minimum atomic E-state index is -1.63. The normalized spacial score (nSPS) is 13.8. The van der Waals surface area contributed by atoms with E-state index in [4.69, 9.17) is 18.9 Å². The van der Waals surface area contributed by atoms with Crippen LogP contribution in [0.3, 0.4) is 0 Å². The summed E-state index contributed by atoms with van der Waals surface area (Å²) in [6.45, 7) is 4.48. The molecule has 0 aromatic heterocycles. The molecule has 0 spiro atoms. The lowest BCUT2D eigenvalue weighted by molar-refractivity contribution is -0.870. The van der Waals surface area contributed by atoms with Crippen LogP contribution >= 0.6 is 0 Å². The van der Waals surface area contributed by atoms with Crippen molar-refractivity contribution in [3.8, 4) is 0 Å². The zero-order valence-corrected chi connectivity index (χ0v) is 39.0. The maximum absolute atomic E-state index is 12.7. The topological polar surface area (TPSA) is 111 Å². The molecule has 9 nitrogen and oxygen atoms in total. The minimum Gasteiger partial charge on any atom is -0.545 e. The van der Waals surface area contributed by atoms with Gasteiger partial charge in [0.25, 0.3) is 0 Å². The molecule has 0 radical (unpaired) electrons. The lowest BCUT2D eigenvalue weighted by Crippen LogP contribution is -2.44. The van der Waals surface area contributed by atoms with Crippen molar-refractivity contribution < 1.29 is 42.9 Å². The first-order chi connectivity index (χ1) is 29.6. The first kappa shape index (κ1) is 57.2. The maximum atomic E-state index is 12.7. The van der Waals surface area contributed by atoms with Gasteiger partial charge in [0.15, 0.2) is 12.4 Å². The van der Waals surface area contributed by atoms with Crippen LogP contribution in [-0.4, -0.2) is 82.3 Å². The molecule has 0 bridgehead atoms. The fourth-order valence-corrected chi connectivity index (χ4v) is 5.72. The number of nitrogens with zero attached hydrogens (tertiary/aromatic N) is 1. The van der Waals surface area contributed by atoms with Gasteiger partial charge in [-0.2, -0.15) is 0 Å². The highest BCUT2D eigenvalue weighted by Gasteiger charge is 2.21. The summed E-state index contributed by atoms with van der Waals surface area (Å²) in [6, 6.07) is 0. The van der Waals surface area contributed by atoms with Crippen molar-refractivity contribution in [1.29, 1.82) is 0 Å². The van der Waals surface area contributed by atoms with E-state index >= 15 is 0 Å². The summed E-state index contributed by atoms with van der Waals surface area (Å²) in [6.07, 6.45) is 53.5. The molecule has 0 saturated heterocycles. The van der Waals surface area contributed by atoms with Crippen LogP contribution < -0.4 is 5.11 Å². The number of rotatable bonds is 41. The number of ether oxygens (including phenoxy) is 4. The van der Waals surface area contributed by atoms with Gasteiger partial charge >= 0.3 is 11.9 Å². The van der Waals surface area contributed by atoms with E-state index < -0.39 is 24.3 Å². The number of quaternary nitrogens is 1. The predicted octanol–water partition coefficient (Wildman–Crippen LogP) is 11.3. The van der Waals surface area contributed by atoms with Gasteiger partial charge in [0.2, 0.25) is 0 Å². The molecular formula is C52H85NO8. The van der Waals surface area contributed by atoms with E-state index in [1.807, 2.05) is 21.1 Å². The first-order valence-electron chi connectivity index (χ1n) is 23.4. The van der Waals surface area contributed by atoms with Crippen molar-refractivity contribution >= 4 is 17.9 Å². The zero-order valence-electron chi connectivity index (χ0n) is 39.0. The summed E-state index contributed by atoms with van der Waals surface area (Å²) < 4.78 is 22.3. The predicted molar refractivity (Wildman–Crippen MR) is 250 cm³/mol. The Hall–Kier alpha value is -3.79. The maximum Gasteiger partial charge on any atom is 0.306 e. The lowest BCUT2D eigenvalue weighted by Gasteiger charge is -2.26. The number of aliphatic carboxylic acids is 1. The molecule has 0 fully saturated rings. The average molecular weight is 852 g/mol. The van der Waals surface area contributed by atoms with Crippen molar-refractivity contribution in [1.82, 2.24) is 0 Å². The molecule has 0 rings (SSSR count). The second-order valence-corrected chi connectivity index (χ2v) is 16.3. The van der Waals surface area contributed by atoms with Gasteiger partial charge in [-0.15, -0.1) is 0 Å². The molecule has 61 heavy (non-hydrogen) atoms. The second kappa shape index (κ2) is 42.9. The van der Waals surface area contributed by atoms with Crippen molar-refractivity contribution in [3.63, 3.8) is 0 Å². The molecule has 0 aliphatic heterocycles. The Morgan fingerprint density at radius 1 is 0.508 bits per heavy atom. The number of likely N-dealkylation sites (N-methyl/N-ethyl adjacent to an activating group) is 1. The van der Waals surface area contributed by atoms with E-state index in [-0.39, 0.29) is 38.6 Å². The molecule has 0 aromatic rings. The van der Waals surface area contributed by atoms with Crippen LogP contribution in [0.2, 0.25) is 0 Å². The molecule has 0 aromatic carbocycles. The Morgan fingerprint density at radius 3 is 1.39 bits per heavy atom. The molecule has 9 heteroatoms. The third kappa shape index (κ3) is 44.1. The van der Waals surface area contributed by atoms with Crippen LogP contribution in [0.4, 0.5) is 0 Å². The van der Waals surface area contributed by atoms with E-state index in [1.54, 1.807) is 0 Å². The summed E-state index contributed by atoms with van der Waals surface area (Å²) in [5, 5.41) is 11.6. The van der Waals surface area contributed by atoms with E-state index in [2.05, 4.69) is 111 Å². The summed E-state index contributed by atoms with van der Waals surface area (Å²) in [4.78, 5) is 36.6. The van der Waals surface area contributed by atoms with Gasteiger partial charge in [-0.25, -0.2) is 0 Å². The van der Waals surface area contributed by atoms with E-state index in [0.29, 0.717) is 17.4 Å². The molecule has 0 heterocycles. The van der Waals surface area contributed by atoms with Gasteiger partial charge in [0.05, 0.1) is 40.3 Å². The largest absolute Gasteiger partial charge is 0.545 e. The molecule has 0 saturated carbocycles. The number of hydrogen-bond acceptors (Lipinski definition) is 8. The Balaban J connectivity index is 4.19. The van der Waals surface area contributed by atoms with Gasteiger partial charge in [-0.05, 0) is 77.0 Å². The summed E-state index contributed by atoms with van der Waals surface area (Å²) in [7, 11) is 5.88. The molecule has 2 atom stereocenters. The molecule has 0 aliphatic carbocycles. The Morgan fingerprint density at radius 2 is 0.934 bits per heavy atom. The highest BCUT2D eigenvalue weighted by molar-refractivity contribution is 5.70. The number of esters is 2. The van der Waals surface area contributed by atoms with Gasteiger partial charge < -0.3 is 33.3 Å². The number of unbranched alkanes of at least 4 members (excludes halogenated alkanes) is 10. The molecule has 346 valence electrons. The van der Waals surface area contributed by atoms with E-state index in [9.17, 15) is 19.5 Å². The number of carbonyl (C=O) groups is 3. The average Bonchev–Trinajstić information content (AvgIpc) is 3.22. The smallest absolute Gasteiger partial charge is 0.306 e. The van der Waals surface area contributed by atoms with Crippen LogP contribution in [-0.2, 0) is 33.3 Å². The van der Waals surface area contributed by atoms with Gasteiger partial charge in [-0.1, -0.05) is 162 Å². The fraction of sp³-hybridized carbons (Fsp3) is 0.635. The quantitative estimate of drug-likeness (QED) is 0.0197. The Labute approximate surface area is 372 Å². The number of hydrogen-bond donors (Lipinski definition) is 0. The van der Waals surface area contributed by atoms with Crippen molar-refractivity contribution in [2.45, 2.75) is 167 Å². The van der Waals surface area contributed by atoms with Crippen LogP contribution in [0.15, 0.2) is 97.2 Å². The highest BCUT2D eigenvalue weighted by atomic mass is 16.7. The van der Waals surface area contributed by atoms with Crippen LogP contribution in [0.25, 0.3) is 0 Å². The fourth-order valence-electron chi connectivity index (χ4n) is 5.72. The standard InChI is InChI=1S/C52H85NO8/c1-6-8-10-12-13-14-15-16-17-18-19-20-21-22-23-24-25-26-27-28-29-30-31-32-33-34-35-36-37-39-41-43-50(55)61-48(46-59-49(54)42-40-38-11-9-7-2)47-60-52(51(56)57)58-45-44-53(3,4)5/h8,10,13-14,16-17,19-20,22-23,25-26,28-29,31-32,48,52H,6-7,9,11-12,15,18,21,24,27,30,33-47H2,1-5H3/b10-8-,14-13-,17-16-,20-19-,23-22-,26-25-,29-28-,32-31-. The van der Waals surface area contributed by atoms with Crippen LogP contribution in [0.1, 0.15) is 155 Å². The zero-order chi connectivity index (χ0) is 44.9. The molecule has 0 N–H and O–H groups in total. The molecule has 2 unspecified atom stereocenters. The number of allylic oxidation sites excluding steroid dienone is 16. The monoisotopic (exact) mass is 852 g/mol. The Kier molecular flexibility index (Phi) is 40.2. The van der Waals surface area contributed by atoms with Crippen LogP contribution in [0.5, 0.6) is 0 Å². The van der Waals surface area contributed by atoms with Crippen LogP contribution in [0, 0.1) is 0 Å².